The van der Waals surface area contributed by atoms with E-state index in [9.17, 15) is 4.79 Å². The molecule has 3 heterocycles. The van der Waals surface area contributed by atoms with Crippen molar-refractivity contribution < 1.29 is 4.79 Å². The SMILES string of the molecule is CC(C)CCC(=O)NCc1cc2cc(Cl)cc(Cn3cnc4c(N)ncnc43)c2[nH]1. The van der Waals surface area contributed by atoms with E-state index in [0.29, 0.717) is 47.4 Å². The Morgan fingerprint density at radius 2 is 2.10 bits per heavy atom. The molecule has 8 nitrogen and oxygen atoms in total. The van der Waals surface area contributed by atoms with Crippen molar-refractivity contribution in [2.24, 2.45) is 5.92 Å². The summed E-state index contributed by atoms with van der Waals surface area (Å²) >= 11 is 6.36. The lowest BCUT2D eigenvalue weighted by atomic mass is 10.1. The fourth-order valence-electron chi connectivity index (χ4n) is 3.46. The Labute approximate surface area is 178 Å². The summed E-state index contributed by atoms with van der Waals surface area (Å²) in [6.45, 7) is 5.19. The van der Waals surface area contributed by atoms with Gasteiger partial charge in [0.25, 0.3) is 0 Å². The number of benzene rings is 1. The first-order chi connectivity index (χ1) is 14.4. The smallest absolute Gasteiger partial charge is 0.220 e. The third-order valence-corrected chi connectivity index (χ3v) is 5.24. The summed E-state index contributed by atoms with van der Waals surface area (Å²) in [6.07, 6.45) is 4.54. The van der Waals surface area contributed by atoms with E-state index in [-0.39, 0.29) is 5.91 Å². The Morgan fingerprint density at radius 1 is 1.27 bits per heavy atom. The monoisotopic (exact) mass is 425 g/mol. The number of aromatic amines is 1. The molecule has 0 aliphatic heterocycles. The molecule has 1 amide bonds. The van der Waals surface area contributed by atoms with Gasteiger partial charge in [-0.1, -0.05) is 25.4 Å². The standard InChI is InChI=1S/C21H24ClN7O/c1-12(2)3-4-17(30)24-8-16-7-13-5-15(22)6-14(18(13)28-16)9-29-11-27-19-20(23)25-10-26-21(19)29/h5-7,10-12,28H,3-4,8-9H2,1-2H3,(H,24,30)(H2,23,25,26). The topological polar surface area (TPSA) is 115 Å². The second-order valence-electron chi connectivity index (χ2n) is 7.84. The zero-order chi connectivity index (χ0) is 21.3. The van der Waals surface area contributed by atoms with Crippen molar-refractivity contribution in [3.8, 4) is 0 Å². The van der Waals surface area contributed by atoms with Gasteiger partial charge in [0.2, 0.25) is 5.91 Å². The van der Waals surface area contributed by atoms with Gasteiger partial charge in [0.05, 0.1) is 24.9 Å². The van der Waals surface area contributed by atoms with Crippen molar-refractivity contribution >= 4 is 45.4 Å². The maximum atomic E-state index is 12.0. The van der Waals surface area contributed by atoms with E-state index in [2.05, 4.69) is 39.1 Å². The minimum atomic E-state index is 0.0581. The van der Waals surface area contributed by atoms with E-state index in [0.717, 1.165) is 28.6 Å². The Hall–Kier alpha value is -3.13. The van der Waals surface area contributed by atoms with Crippen LogP contribution in [0.5, 0.6) is 0 Å². The largest absolute Gasteiger partial charge is 0.382 e. The van der Waals surface area contributed by atoms with Gasteiger partial charge in [-0.2, -0.15) is 0 Å². The molecule has 156 valence electrons. The quantitative estimate of drug-likeness (QED) is 0.418. The van der Waals surface area contributed by atoms with E-state index >= 15 is 0 Å². The van der Waals surface area contributed by atoms with Crippen LogP contribution in [0.15, 0.2) is 30.9 Å². The average molecular weight is 426 g/mol. The van der Waals surface area contributed by atoms with Crippen LogP contribution >= 0.6 is 11.6 Å². The summed E-state index contributed by atoms with van der Waals surface area (Å²) in [5.41, 5.74) is 10.0. The second-order valence-corrected chi connectivity index (χ2v) is 8.27. The summed E-state index contributed by atoms with van der Waals surface area (Å²) in [5, 5.41) is 4.61. The molecule has 0 fully saturated rings. The van der Waals surface area contributed by atoms with Crippen LogP contribution in [0.25, 0.3) is 22.1 Å². The van der Waals surface area contributed by atoms with E-state index in [1.807, 2.05) is 22.8 Å². The number of carbonyl (C=O) groups is 1. The van der Waals surface area contributed by atoms with E-state index in [1.54, 1.807) is 6.33 Å². The normalized spacial score (nSPS) is 11.6. The van der Waals surface area contributed by atoms with Crippen molar-refractivity contribution in [1.82, 2.24) is 29.8 Å². The molecule has 0 aliphatic rings. The summed E-state index contributed by atoms with van der Waals surface area (Å²) in [5.74, 6) is 0.918. The zero-order valence-corrected chi connectivity index (χ0v) is 17.7. The number of anilines is 1. The van der Waals surface area contributed by atoms with E-state index in [1.165, 1.54) is 6.33 Å². The first-order valence-electron chi connectivity index (χ1n) is 9.88. The maximum absolute atomic E-state index is 12.0. The minimum absolute atomic E-state index is 0.0581. The molecule has 4 rings (SSSR count). The number of hydrogen-bond acceptors (Lipinski definition) is 5. The molecule has 0 aliphatic carbocycles. The molecule has 1 aromatic carbocycles. The number of nitrogens with zero attached hydrogens (tertiary/aromatic N) is 4. The highest BCUT2D eigenvalue weighted by Crippen LogP contribution is 2.26. The number of halogens is 1. The van der Waals surface area contributed by atoms with Crippen molar-refractivity contribution in [1.29, 1.82) is 0 Å². The van der Waals surface area contributed by atoms with Gasteiger partial charge in [0.15, 0.2) is 11.5 Å². The van der Waals surface area contributed by atoms with Gasteiger partial charge < -0.3 is 20.6 Å². The van der Waals surface area contributed by atoms with Crippen LogP contribution in [0.3, 0.4) is 0 Å². The van der Waals surface area contributed by atoms with Crippen molar-refractivity contribution in [2.75, 3.05) is 5.73 Å². The maximum Gasteiger partial charge on any atom is 0.220 e. The predicted octanol–water partition coefficient (Wildman–Crippen LogP) is 3.64. The summed E-state index contributed by atoms with van der Waals surface area (Å²) in [4.78, 5) is 28.1. The number of rotatable bonds is 7. The minimum Gasteiger partial charge on any atom is -0.382 e. The molecule has 0 atom stereocenters. The van der Waals surface area contributed by atoms with Crippen molar-refractivity contribution in [3.63, 3.8) is 0 Å². The number of fused-ring (bicyclic) bond motifs is 2. The average Bonchev–Trinajstić information content (AvgIpc) is 3.29. The van der Waals surface area contributed by atoms with Crippen LogP contribution in [-0.4, -0.2) is 30.4 Å². The summed E-state index contributed by atoms with van der Waals surface area (Å²) in [6, 6.07) is 5.84. The molecule has 0 bridgehead atoms. The summed E-state index contributed by atoms with van der Waals surface area (Å²) < 4.78 is 1.91. The van der Waals surface area contributed by atoms with Crippen LogP contribution < -0.4 is 11.1 Å². The molecule has 9 heteroatoms. The lowest BCUT2D eigenvalue weighted by Crippen LogP contribution is -2.22. The van der Waals surface area contributed by atoms with Crippen molar-refractivity contribution in [3.05, 3.63) is 47.1 Å². The molecule has 4 aromatic rings. The Balaban J connectivity index is 1.58. The molecular weight excluding hydrogens is 402 g/mol. The number of imidazole rings is 1. The Morgan fingerprint density at radius 3 is 2.90 bits per heavy atom. The molecule has 0 unspecified atom stereocenters. The van der Waals surface area contributed by atoms with Crippen LogP contribution in [-0.2, 0) is 17.9 Å². The number of carbonyl (C=O) groups excluding carboxylic acids is 1. The van der Waals surface area contributed by atoms with Crippen molar-refractivity contribution in [2.45, 2.75) is 39.8 Å². The van der Waals surface area contributed by atoms with Crippen LogP contribution in [0.1, 0.15) is 37.9 Å². The van der Waals surface area contributed by atoms with Crippen LogP contribution in [0.2, 0.25) is 5.02 Å². The summed E-state index contributed by atoms with van der Waals surface area (Å²) in [7, 11) is 0. The number of hydrogen-bond donors (Lipinski definition) is 3. The van der Waals surface area contributed by atoms with Crippen LogP contribution in [0, 0.1) is 5.92 Å². The van der Waals surface area contributed by atoms with E-state index in [4.69, 9.17) is 17.3 Å². The van der Waals surface area contributed by atoms with Gasteiger partial charge in [-0.15, -0.1) is 0 Å². The molecule has 30 heavy (non-hydrogen) atoms. The molecular formula is C21H24ClN7O. The fourth-order valence-corrected chi connectivity index (χ4v) is 3.71. The highest BCUT2D eigenvalue weighted by Gasteiger charge is 2.13. The number of nitrogens with two attached hydrogens (primary N) is 1. The highest BCUT2D eigenvalue weighted by molar-refractivity contribution is 6.31. The third kappa shape index (κ3) is 4.23. The molecule has 3 aromatic heterocycles. The zero-order valence-electron chi connectivity index (χ0n) is 16.9. The number of amides is 1. The second kappa shape index (κ2) is 8.31. The molecule has 4 N–H and O–H groups in total. The molecule has 0 radical (unpaired) electrons. The lowest BCUT2D eigenvalue weighted by Gasteiger charge is -2.07. The number of nitrogens with one attached hydrogen (secondary N) is 2. The van der Waals surface area contributed by atoms with Gasteiger partial charge in [-0.05, 0) is 36.1 Å². The number of aromatic nitrogens is 5. The van der Waals surface area contributed by atoms with Gasteiger partial charge in [0, 0.05) is 22.5 Å². The van der Waals surface area contributed by atoms with Crippen LogP contribution in [0.4, 0.5) is 5.82 Å². The first-order valence-corrected chi connectivity index (χ1v) is 10.3. The molecule has 0 saturated heterocycles. The third-order valence-electron chi connectivity index (χ3n) is 5.03. The molecule has 0 spiro atoms. The van der Waals surface area contributed by atoms with E-state index < -0.39 is 0 Å². The number of nitrogen functional groups attached to an aromatic ring is 1. The number of H-pyrrole nitrogens is 1. The highest BCUT2D eigenvalue weighted by atomic mass is 35.5. The van der Waals surface area contributed by atoms with Gasteiger partial charge in [-0.3, -0.25) is 4.79 Å². The predicted molar refractivity (Wildman–Crippen MR) is 118 cm³/mol. The van der Waals surface area contributed by atoms with Gasteiger partial charge in [-0.25, -0.2) is 15.0 Å². The lowest BCUT2D eigenvalue weighted by molar-refractivity contribution is -0.121. The first kappa shape index (κ1) is 20.2. The van der Waals surface area contributed by atoms with Gasteiger partial charge >= 0.3 is 0 Å². The Bertz CT molecular complexity index is 1210. The molecule has 0 saturated carbocycles. The fraction of sp³-hybridized carbons (Fsp3) is 0.333. The Kier molecular flexibility index (Phi) is 5.59. The van der Waals surface area contributed by atoms with Gasteiger partial charge in [0.1, 0.15) is 11.8 Å².